The highest BCUT2D eigenvalue weighted by Crippen LogP contribution is 2.29. The van der Waals surface area contributed by atoms with Crippen LogP contribution in [0.2, 0.25) is 0 Å². The fraction of sp³-hybridized carbons (Fsp3) is 0.786. The van der Waals surface area contributed by atoms with E-state index in [0.29, 0.717) is 12.5 Å². The number of hydrogen-bond acceptors (Lipinski definition) is 5. The fourth-order valence-corrected chi connectivity index (χ4v) is 2.84. The normalized spacial score (nSPS) is 18.3. The largest absolute Gasteiger partial charge is 0.346 e. The summed E-state index contributed by atoms with van der Waals surface area (Å²) in [7, 11) is 0. The minimum absolute atomic E-state index is 0.0291. The van der Waals surface area contributed by atoms with Crippen LogP contribution in [-0.2, 0) is 12.8 Å². The van der Waals surface area contributed by atoms with Crippen LogP contribution in [0.5, 0.6) is 0 Å². The maximum absolute atomic E-state index is 5.97. The predicted octanol–water partition coefficient (Wildman–Crippen LogP) is 2.07. The Morgan fingerprint density at radius 3 is 2.32 bits per heavy atom. The summed E-state index contributed by atoms with van der Waals surface area (Å²) in [5.41, 5.74) is 7.99. The molecule has 1 aliphatic carbocycles. The Balaban J connectivity index is 2.17. The smallest absolute Gasteiger partial charge is 0.243 e. The molecule has 106 valence electrons. The van der Waals surface area contributed by atoms with E-state index < -0.39 is 0 Å². The summed E-state index contributed by atoms with van der Waals surface area (Å²) in [4.78, 5) is 4.61. The standard InChI is InChI=1S/C14H25N5/c1-3-11-12(4-2)18-19-13(16-11)17-14(10-15)8-6-5-7-9-14/h3-10,15H2,1-2H3,(H,16,17,19). The molecule has 0 radical (unpaired) electrons. The Morgan fingerprint density at radius 1 is 1.05 bits per heavy atom. The Labute approximate surface area is 115 Å². The van der Waals surface area contributed by atoms with Gasteiger partial charge in [-0.2, -0.15) is 5.10 Å². The van der Waals surface area contributed by atoms with Crippen LogP contribution in [0.15, 0.2) is 0 Å². The minimum atomic E-state index is -0.0291. The molecule has 0 spiro atoms. The number of nitrogens with zero attached hydrogens (tertiary/aromatic N) is 3. The predicted molar refractivity (Wildman–Crippen MR) is 77.1 cm³/mol. The fourth-order valence-electron chi connectivity index (χ4n) is 2.84. The van der Waals surface area contributed by atoms with Gasteiger partial charge in [0.15, 0.2) is 0 Å². The lowest BCUT2D eigenvalue weighted by Gasteiger charge is -2.37. The molecule has 0 bridgehead atoms. The molecule has 0 aliphatic heterocycles. The average Bonchev–Trinajstić information content (AvgIpc) is 2.48. The molecule has 0 unspecified atom stereocenters. The summed E-state index contributed by atoms with van der Waals surface area (Å²) in [5.74, 6) is 0.640. The molecule has 1 aromatic rings. The van der Waals surface area contributed by atoms with E-state index in [1.54, 1.807) is 0 Å². The van der Waals surface area contributed by atoms with E-state index in [-0.39, 0.29) is 5.54 Å². The molecule has 2 rings (SSSR count). The van der Waals surface area contributed by atoms with E-state index in [2.05, 4.69) is 34.3 Å². The molecule has 0 aromatic carbocycles. The molecule has 1 aliphatic rings. The van der Waals surface area contributed by atoms with Crippen molar-refractivity contribution in [3.05, 3.63) is 11.4 Å². The number of anilines is 1. The highest BCUT2D eigenvalue weighted by molar-refractivity contribution is 5.31. The van der Waals surface area contributed by atoms with Crippen molar-refractivity contribution >= 4 is 5.95 Å². The van der Waals surface area contributed by atoms with Gasteiger partial charge in [-0.1, -0.05) is 33.1 Å². The summed E-state index contributed by atoms with van der Waals surface area (Å²) in [6.07, 6.45) is 7.73. The van der Waals surface area contributed by atoms with Gasteiger partial charge in [0.05, 0.1) is 16.9 Å². The summed E-state index contributed by atoms with van der Waals surface area (Å²) in [6.45, 7) is 4.82. The van der Waals surface area contributed by atoms with Crippen molar-refractivity contribution in [3.63, 3.8) is 0 Å². The highest BCUT2D eigenvalue weighted by Gasteiger charge is 2.31. The van der Waals surface area contributed by atoms with Crippen molar-refractivity contribution in [2.45, 2.75) is 64.3 Å². The van der Waals surface area contributed by atoms with Crippen LogP contribution in [0.4, 0.5) is 5.95 Å². The van der Waals surface area contributed by atoms with Gasteiger partial charge in [-0.3, -0.25) is 0 Å². The molecule has 1 heterocycles. The zero-order valence-electron chi connectivity index (χ0n) is 12.1. The number of nitrogens with two attached hydrogens (primary N) is 1. The second-order valence-corrected chi connectivity index (χ2v) is 5.41. The average molecular weight is 263 g/mol. The number of rotatable bonds is 5. The van der Waals surface area contributed by atoms with Crippen LogP contribution in [0.1, 0.15) is 57.3 Å². The van der Waals surface area contributed by atoms with E-state index in [9.17, 15) is 0 Å². The van der Waals surface area contributed by atoms with Crippen LogP contribution in [-0.4, -0.2) is 27.3 Å². The molecule has 3 N–H and O–H groups in total. The van der Waals surface area contributed by atoms with Gasteiger partial charge in [0.25, 0.3) is 0 Å². The van der Waals surface area contributed by atoms with Gasteiger partial charge in [-0.25, -0.2) is 4.98 Å². The Morgan fingerprint density at radius 2 is 1.74 bits per heavy atom. The second kappa shape index (κ2) is 6.28. The Hall–Kier alpha value is -1.23. The lowest BCUT2D eigenvalue weighted by Crippen LogP contribution is -2.47. The SMILES string of the molecule is CCc1nnc(NC2(CN)CCCCC2)nc1CC. The number of aromatic nitrogens is 3. The Kier molecular flexibility index (Phi) is 4.69. The molecule has 5 nitrogen and oxygen atoms in total. The zero-order chi connectivity index (χ0) is 13.7. The molecule has 19 heavy (non-hydrogen) atoms. The molecular formula is C14H25N5. The van der Waals surface area contributed by atoms with Gasteiger partial charge < -0.3 is 11.1 Å². The molecule has 1 saturated carbocycles. The van der Waals surface area contributed by atoms with Crippen molar-refractivity contribution in [1.29, 1.82) is 0 Å². The third-order valence-electron chi connectivity index (χ3n) is 4.09. The molecule has 1 fully saturated rings. The minimum Gasteiger partial charge on any atom is -0.346 e. The third kappa shape index (κ3) is 3.21. The van der Waals surface area contributed by atoms with Gasteiger partial charge >= 0.3 is 0 Å². The maximum atomic E-state index is 5.97. The van der Waals surface area contributed by atoms with E-state index in [4.69, 9.17) is 5.73 Å². The van der Waals surface area contributed by atoms with Crippen molar-refractivity contribution in [3.8, 4) is 0 Å². The van der Waals surface area contributed by atoms with Crippen molar-refractivity contribution < 1.29 is 0 Å². The number of nitrogens with one attached hydrogen (secondary N) is 1. The number of hydrogen-bond donors (Lipinski definition) is 2. The van der Waals surface area contributed by atoms with E-state index >= 15 is 0 Å². The topological polar surface area (TPSA) is 76.7 Å². The van der Waals surface area contributed by atoms with Crippen LogP contribution >= 0.6 is 0 Å². The lowest BCUT2D eigenvalue weighted by molar-refractivity contribution is 0.328. The van der Waals surface area contributed by atoms with E-state index in [1.807, 2.05) is 0 Å². The molecule has 0 atom stereocenters. The van der Waals surface area contributed by atoms with Gasteiger partial charge in [-0.15, -0.1) is 5.10 Å². The van der Waals surface area contributed by atoms with Gasteiger partial charge in [0, 0.05) is 6.54 Å². The molecule has 5 heteroatoms. The van der Waals surface area contributed by atoms with Crippen LogP contribution in [0.25, 0.3) is 0 Å². The van der Waals surface area contributed by atoms with E-state index in [0.717, 1.165) is 37.1 Å². The first-order chi connectivity index (χ1) is 9.23. The van der Waals surface area contributed by atoms with Gasteiger partial charge in [0.2, 0.25) is 5.95 Å². The van der Waals surface area contributed by atoms with Crippen molar-refractivity contribution in [2.24, 2.45) is 5.73 Å². The number of aryl methyl sites for hydroxylation is 2. The summed E-state index contributed by atoms with van der Waals surface area (Å²) >= 11 is 0. The summed E-state index contributed by atoms with van der Waals surface area (Å²) in [6, 6.07) is 0. The summed E-state index contributed by atoms with van der Waals surface area (Å²) < 4.78 is 0. The summed E-state index contributed by atoms with van der Waals surface area (Å²) in [5, 5.41) is 12.0. The van der Waals surface area contributed by atoms with Crippen molar-refractivity contribution in [1.82, 2.24) is 15.2 Å². The zero-order valence-corrected chi connectivity index (χ0v) is 12.1. The van der Waals surface area contributed by atoms with Gasteiger partial charge in [0.1, 0.15) is 0 Å². The van der Waals surface area contributed by atoms with Crippen LogP contribution in [0, 0.1) is 0 Å². The third-order valence-corrected chi connectivity index (χ3v) is 4.09. The van der Waals surface area contributed by atoms with E-state index in [1.165, 1.54) is 19.3 Å². The molecule has 1 aromatic heterocycles. The first-order valence-electron chi connectivity index (χ1n) is 7.43. The first-order valence-corrected chi connectivity index (χ1v) is 7.43. The maximum Gasteiger partial charge on any atom is 0.243 e. The molecular weight excluding hydrogens is 238 g/mol. The Bertz CT molecular complexity index is 412. The van der Waals surface area contributed by atoms with Gasteiger partial charge in [-0.05, 0) is 25.7 Å². The van der Waals surface area contributed by atoms with Crippen LogP contribution < -0.4 is 11.1 Å². The molecule has 0 amide bonds. The van der Waals surface area contributed by atoms with Crippen LogP contribution in [0.3, 0.4) is 0 Å². The first kappa shape index (κ1) is 14.2. The quantitative estimate of drug-likeness (QED) is 0.850. The second-order valence-electron chi connectivity index (χ2n) is 5.41. The monoisotopic (exact) mass is 263 g/mol. The highest BCUT2D eigenvalue weighted by atomic mass is 15.3. The van der Waals surface area contributed by atoms with Crippen molar-refractivity contribution in [2.75, 3.05) is 11.9 Å². The molecule has 0 saturated heterocycles. The lowest BCUT2D eigenvalue weighted by atomic mass is 9.82.